The minimum atomic E-state index is -1.29. The standard InChI is InChI=1S/C22H27N3O4/c1-21(2,23-18(27)15-10-9-13-17(26)14-15)19(28)24-22(3,4)20(29)25(5)16-11-7-6-8-12-16/h6-14,26H,1-5H3,(H,23,27)(H,24,28). The molecule has 0 heterocycles. The van der Waals surface area contributed by atoms with Gasteiger partial charge in [-0.15, -0.1) is 0 Å². The number of phenols is 1. The molecule has 29 heavy (non-hydrogen) atoms. The van der Waals surface area contributed by atoms with Crippen LogP contribution in [0.5, 0.6) is 5.75 Å². The highest BCUT2D eigenvalue weighted by atomic mass is 16.3. The van der Waals surface area contributed by atoms with Gasteiger partial charge in [0.15, 0.2) is 0 Å². The fourth-order valence-electron chi connectivity index (χ4n) is 2.74. The molecule has 2 aromatic rings. The summed E-state index contributed by atoms with van der Waals surface area (Å²) in [6.45, 7) is 6.31. The quantitative estimate of drug-likeness (QED) is 0.697. The molecular formula is C22H27N3O4. The van der Waals surface area contributed by atoms with Crippen LogP contribution in [0.15, 0.2) is 54.6 Å². The van der Waals surface area contributed by atoms with Crippen LogP contribution in [-0.2, 0) is 9.59 Å². The summed E-state index contributed by atoms with van der Waals surface area (Å²) in [5, 5.41) is 14.9. The molecule has 3 N–H and O–H groups in total. The number of aromatic hydroxyl groups is 1. The number of carbonyl (C=O) groups is 3. The van der Waals surface area contributed by atoms with Crippen LogP contribution in [0.2, 0.25) is 0 Å². The van der Waals surface area contributed by atoms with Crippen LogP contribution in [0.4, 0.5) is 5.69 Å². The highest BCUT2D eigenvalue weighted by molar-refractivity contribution is 6.04. The third kappa shape index (κ3) is 5.34. The van der Waals surface area contributed by atoms with E-state index >= 15 is 0 Å². The van der Waals surface area contributed by atoms with Gasteiger partial charge in [0.05, 0.1) is 0 Å². The van der Waals surface area contributed by atoms with Gasteiger partial charge in [0.25, 0.3) is 11.8 Å². The van der Waals surface area contributed by atoms with E-state index in [1.807, 2.05) is 18.2 Å². The van der Waals surface area contributed by atoms with E-state index < -0.39 is 22.9 Å². The molecule has 0 aromatic heterocycles. The molecule has 7 nitrogen and oxygen atoms in total. The lowest BCUT2D eigenvalue weighted by atomic mass is 9.97. The van der Waals surface area contributed by atoms with Gasteiger partial charge in [0, 0.05) is 18.3 Å². The average molecular weight is 397 g/mol. The van der Waals surface area contributed by atoms with Crippen molar-refractivity contribution in [3.05, 3.63) is 60.2 Å². The molecule has 0 atom stereocenters. The van der Waals surface area contributed by atoms with E-state index in [2.05, 4.69) is 10.6 Å². The Bertz CT molecular complexity index is 907. The number of benzene rings is 2. The molecule has 0 bridgehead atoms. The van der Waals surface area contributed by atoms with Crippen molar-refractivity contribution in [2.75, 3.05) is 11.9 Å². The van der Waals surface area contributed by atoms with E-state index in [0.29, 0.717) is 5.69 Å². The largest absolute Gasteiger partial charge is 0.508 e. The van der Waals surface area contributed by atoms with Crippen LogP contribution in [0, 0.1) is 0 Å². The summed E-state index contributed by atoms with van der Waals surface area (Å²) in [5.74, 6) is -1.36. The van der Waals surface area contributed by atoms with Crippen molar-refractivity contribution >= 4 is 23.4 Å². The maximum atomic E-state index is 12.9. The third-order valence-electron chi connectivity index (χ3n) is 4.51. The van der Waals surface area contributed by atoms with Crippen molar-refractivity contribution in [3.8, 4) is 5.75 Å². The Morgan fingerprint density at radius 2 is 1.48 bits per heavy atom. The molecule has 2 rings (SSSR count). The molecular weight excluding hydrogens is 370 g/mol. The molecule has 0 saturated heterocycles. The van der Waals surface area contributed by atoms with Crippen molar-refractivity contribution in [1.29, 1.82) is 0 Å². The summed E-state index contributed by atoms with van der Waals surface area (Å²) >= 11 is 0. The number of amides is 3. The number of hydrogen-bond acceptors (Lipinski definition) is 4. The molecule has 0 saturated carbocycles. The van der Waals surface area contributed by atoms with Crippen molar-refractivity contribution in [3.63, 3.8) is 0 Å². The van der Waals surface area contributed by atoms with E-state index in [9.17, 15) is 19.5 Å². The Hall–Kier alpha value is -3.35. The van der Waals surface area contributed by atoms with Crippen LogP contribution in [0.25, 0.3) is 0 Å². The van der Waals surface area contributed by atoms with E-state index in [1.165, 1.54) is 23.1 Å². The fraction of sp³-hybridized carbons (Fsp3) is 0.318. The van der Waals surface area contributed by atoms with Gasteiger partial charge in [0.2, 0.25) is 5.91 Å². The van der Waals surface area contributed by atoms with E-state index in [1.54, 1.807) is 52.9 Å². The predicted molar refractivity (Wildman–Crippen MR) is 112 cm³/mol. The molecule has 0 aliphatic heterocycles. The zero-order valence-corrected chi connectivity index (χ0v) is 17.3. The van der Waals surface area contributed by atoms with Crippen molar-refractivity contribution in [2.45, 2.75) is 38.8 Å². The van der Waals surface area contributed by atoms with Crippen LogP contribution in [-0.4, -0.2) is 41.0 Å². The van der Waals surface area contributed by atoms with Gasteiger partial charge in [-0.2, -0.15) is 0 Å². The maximum Gasteiger partial charge on any atom is 0.252 e. The summed E-state index contributed by atoms with van der Waals surface area (Å²) in [4.78, 5) is 39.6. The molecule has 0 aliphatic carbocycles. The summed E-state index contributed by atoms with van der Waals surface area (Å²) in [6.07, 6.45) is 0. The number of phenolic OH excluding ortho intramolecular Hbond substituents is 1. The molecule has 0 fully saturated rings. The highest BCUT2D eigenvalue weighted by Crippen LogP contribution is 2.18. The number of rotatable bonds is 6. The lowest BCUT2D eigenvalue weighted by Gasteiger charge is -2.34. The second kappa shape index (κ2) is 8.34. The van der Waals surface area contributed by atoms with Gasteiger partial charge < -0.3 is 20.6 Å². The number of hydrogen-bond donors (Lipinski definition) is 3. The lowest BCUT2D eigenvalue weighted by Crippen LogP contribution is -2.63. The van der Waals surface area contributed by atoms with Crippen molar-refractivity contribution in [2.24, 2.45) is 0 Å². The SMILES string of the molecule is CN(C(=O)C(C)(C)NC(=O)C(C)(C)NC(=O)c1cccc(O)c1)c1ccccc1. The number of likely N-dealkylation sites (N-methyl/N-ethyl adjacent to an activating group) is 1. The summed E-state index contributed by atoms with van der Waals surface area (Å²) in [7, 11) is 1.64. The molecule has 0 aliphatic rings. The van der Waals surface area contributed by atoms with Crippen LogP contribution in [0.1, 0.15) is 38.1 Å². The van der Waals surface area contributed by atoms with Gasteiger partial charge in [-0.3, -0.25) is 14.4 Å². The zero-order chi connectivity index (χ0) is 21.8. The third-order valence-corrected chi connectivity index (χ3v) is 4.51. The number of carbonyl (C=O) groups excluding carboxylic acids is 3. The summed E-state index contributed by atoms with van der Waals surface area (Å²) in [5.41, 5.74) is -1.55. The normalized spacial score (nSPS) is 11.5. The minimum absolute atomic E-state index is 0.0458. The van der Waals surface area contributed by atoms with E-state index in [0.717, 1.165) is 0 Å². The van der Waals surface area contributed by atoms with Gasteiger partial charge in [0.1, 0.15) is 16.8 Å². The minimum Gasteiger partial charge on any atom is -0.508 e. The van der Waals surface area contributed by atoms with Crippen LogP contribution >= 0.6 is 0 Å². The Morgan fingerprint density at radius 1 is 0.862 bits per heavy atom. The first-order valence-corrected chi connectivity index (χ1v) is 9.21. The molecule has 7 heteroatoms. The Kier molecular flexibility index (Phi) is 6.31. The summed E-state index contributed by atoms with van der Waals surface area (Å²) < 4.78 is 0. The van der Waals surface area contributed by atoms with E-state index in [4.69, 9.17) is 0 Å². The van der Waals surface area contributed by atoms with E-state index in [-0.39, 0.29) is 17.2 Å². The number of nitrogens with one attached hydrogen (secondary N) is 2. The molecule has 0 unspecified atom stereocenters. The smallest absolute Gasteiger partial charge is 0.252 e. The molecule has 0 spiro atoms. The monoisotopic (exact) mass is 397 g/mol. The van der Waals surface area contributed by atoms with Gasteiger partial charge in [-0.05, 0) is 58.0 Å². The first kappa shape index (κ1) is 21.9. The number of anilines is 1. The van der Waals surface area contributed by atoms with Gasteiger partial charge in [-0.1, -0.05) is 24.3 Å². The molecule has 154 valence electrons. The zero-order valence-electron chi connectivity index (χ0n) is 17.3. The van der Waals surface area contributed by atoms with Crippen LogP contribution in [0.3, 0.4) is 0 Å². The predicted octanol–water partition coefficient (Wildman–Crippen LogP) is 2.46. The number of para-hydroxylation sites is 1. The van der Waals surface area contributed by atoms with Crippen LogP contribution < -0.4 is 15.5 Å². The van der Waals surface area contributed by atoms with Crippen molar-refractivity contribution < 1.29 is 19.5 Å². The second-order valence-electron chi connectivity index (χ2n) is 7.91. The lowest BCUT2D eigenvalue weighted by molar-refractivity contribution is -0.133. The topological polar surface area (TPSA) is 98.7 Å². The van der Waals surface area contributed by atoms with Gasteiger partial charge >= 0.3 is 0 Å². The molecule has 0 radical (unpaired) electrons. The summed E-state index contributed by atoms with van der Waals surface area (Å²) in [6, 6.07) is 14.9. The van der Waals surface area contributed by atoms with Gasteiger partial charge in [-0.25, -0.2) is 0 Å². The average Bonchev–Trinajstić information content (AvgIpc) is 2.66. The first-order valence-electron chi connectivity index (χ1n) is 9.21. The van der Waals surface area contributed by atoms with Crippen molar-refractivity contribution in [1.82, 2.24) is 10.6 Å². The maximum absolute atomic E-state index is 12.9. The molecule has 3 amide bonds. The Labute approximate surface area is 170 Å². The Morgan fingerprint density at radius 3 is 2.07 bits per heavy atom. The highest BCUT2D eigenvalue weighted by Gasteiger charge is 2.38. The number of nitrogens with zero attached hydrogens (tertiary/aromatic N) is 1. The Balaban J connectivity index is 2.09. The second-order valence-corrected chi connectivity index (χ2v) is 7.91. The fourth-order valence-corrected chi connectivity index (χ4v) is 2.74. The first-order chi connectivity index (χ1) is 13.4. The molecule has 2 aromatic carbocycles.